The maximum Gasteiger partial charge on any atom is 0.197 e. The van der Waals surface area contributed by atoms with Gasteiger partial charge in [0, 0.05) is 28.2 Å². The fraction of sp³-hybridized carbons (Fsp3) is 0. The minimum absolute atomic E-state index is 0.211. The molecule has 7 aromatic carbocycles. The van der Waals surface area contributed by atoms with E-state index >= 15 is 0 Å². The van der Waals surface area contributed by atoms with E-state index in [9.17, 15) is 9.59 Å². The third-order valence-electron chi connectivity index (χ3n) is 9.82. The molecule has 0 spiro atoms. The van der Waals surface area contributed by atoms with E-state index in [1.54, 1.807) is 6.08 Å². The predicted octanol–water partition coefficient (Wildman–Crippen LogP) is 7.46. The van der Waals surface area contributed by atoms with Gasteiger partial charge < -0.3 is 4.90 Å². The molecule has 0 amide bonds. The lowest BCUT2D eigenvalue weighted by atomic mass is 10.0. The molecule has 0 radical (unpaired) electrons. The van der Waals surface area contributed by atoms with Crippen molar-refractivity contribution >= 4 is 74.3 Å². The minimum atomic E-state index is -2.91. The lowest BCUT2D eigenvalue weighted by Crippen LogP contribution is -2.77. The third-order valence-corrected chi connectivity index (χ3v) is 14.7. The highest BCUT2D eigenvalue weighted by Crippen LogP contribution is 2.39. The number of carbonyl (C=O) groups excluding carboxylic acids is 2. The molecule has 4 heteroatoms. The van der Waals surface area contributed by atoms with Crippen LogP contribution in [0.3, 0.4) is 0 Å². The fourth-order valence-corrected chi connectivity index (χ4v) is 12.9. The Morgan fingerprint density at radius 3 is 1.56 bits per heavy atom. The number of benzene rings is 7. The molecule has 3 nitrogen and oxygen atoms in total. The first-order chi connectivity index (χ1) is 23.6. The van der Waals surface area contributed by atoms with Crippen LogP contribution in [0, 0.1) is 0 Å². The first-order valence-corrected chi connectivity index (χ1v) is 18.2. The van der Waals surface area contributed by atoms with Crippen LogP contribution in [0.25, 0.3) is 16.8 Å². The summed E-state index contributed by atoms with van der Waals surface area (Å²) in [5, 5.41) is 6.94. The van der Waals surface area contributed by atoms with Crippen molar-refractivity contribution in [3.63, 3.8) is 0 Å². The summed E-state index contributed by atoms with van der Waals surface area (Å²) in [7, 11) is -2.91. The number of fused-ring (bicyclic) bond motifs is 4. The van der Waals surface area contributed by atoms with Crippen molar-refractivity contribution in [2.45, 2.75) is 0 Å². The molecule has 9 rings (SSSR count). The Bertz CT molecular complexity index is 2340. The first-order valence-electron chi connectivity index (χ1n) is 16.2. The quantitative estimate of drug-likeness (QED) is 0.115. The molecule has 0 aromatic heterocycles. The largest absolute Gasteiger partial charge is 0.311 e. The summed E-state index contributed by atoms with van der Waals surface area (Å²) in [5.74, 6) is -0.436. The van der Waals surface area contributed by atoms with Crippen LogP contribution in [-0.2, 0) is 0 Å². The molecular formula is C44H29NO2Si. The Hall–Kier alpha value is -6.10. The van der Waals surface area contributed by atoms with Crippen LogP contribution < -0.4 is 25.6 Å². The van der Waals surface area contributed by atoms with Crippen LogP contribution in [0.5, 0.6) is 0 Å². The number of rotatable bonds is 4. The van der Waals surface area contributed by atoms with Crippen molar-refractivity contribution < 1.29 is 9.59 Å². The zero-order valence-corrected chi connectivity index (χ0v) is 27.0. The summed E-state index contributed by atoms with van der Waals surface area (Å²) < 4.78 is 0. The van der Waals surface area contributed by atoms with E-state index in [1.165, 1.54) is 20.7 Å². The topological polar surface area (TPSA) is 37.4 Å². The SMILES string of the molecule is O=C1C(=Cc2ccc3c(c2)[Si](c2ccccc2)(c2ccccc2)c2ccccc2N3c2ccccc2)C(=O)c2cc3ccccc3cc21. The summed E-state index contributed by atoms with van der Waals surface area (Å²) in [6.45, 7) is 0. The molecule has 1 heterocycles. The number of Topliss-reactive ketones (excluding diaryl/α,β-unsaturated/α-hetero) is 2. The Kier molecular flexibility index (Phi) is 6.46. The Morgan fingerprint density at radius 2 is 0.958 bits per heavy atom. The summed E-state index contributed by atoms with van der Waals surface area (Å²) in [6, 6.07) is 59.0. The van der Waals surface area contributed by atoms with Crippen LogP contribution in [0.15, 0.2) is 175 Å². The second-order valence-electron chi connectivity index (χ2n) is 12.4. The van der Waals surface area contributed by atoms with Gasteiger partial charge in [-0.2, -0.15) is 0 Å². The third kappa shape index (κ3) is 4.13. The van der Waals surface area contributed by atoms with Gasteiger partial charge in [-0.25, -0.2) is 0 Å². The highest BCUT2D eigenvalue weighted by molar-refractivity contribution is 7.21. The summed E-state index contributed by atoms with van der Waals surface area (Å²) in [4.78, 5) is 30.0. The molecule has 0 unspecified atom stereocenters. The van der Waals surface area contributed by atoms with E-state index in [4.69, 9.17) is 0 Å². The Morgan fingerprint density at radius 1 is 0.458 bits per heavy atom. The van der Waals surface area contributed by atoms with Crippen LogP contribution in [0.2, 0.25) is 0 Å². The van der Waals surface area contributed by atoms with Crippen LogP contribution in [0.4, 0.5) is 17.1 Å². The average molecular weight is 632 g/mol. The lowest BCUT2D eigenvalue weighted by Gasteiger charge is -2.45. The minimum Gasteiger partial charge on any atom is -0.311 e. The Balaban J connectivity index is 1.32. The number of anilines is 3. The number of allylic oxidation sites excluding steroid dienone is 1. The van der Waals surface area contributed by atoms with Crippen molar-refractivity contribution in [3.05, 3.63) is 192 Å². The zero-order valence-electron chi connectivity index (χ0n) is 26.0. The zero-order chi connectivity index (χ0) is 32.2. The molecule has 0 atom stereocenters. The fourth-order valence-electron chi connectivity index (χ4n) is 7.73. The van der Waals surface area contributed by atoms with E-state index in [-0.39, 0.29) is 17.1 Å². The second kappa shape index (κ2) is 11.0. The number of hydrogen-bond acceptors (Lipinski definition) is 3. The molecule has 1 aliphatic heterocycles. The molecule has 0 bridgehead atoms. The Labute approximate surface area is 280 Å². The molecule has 7 aromatic rings. The molecular weight excluding hydrogens is 603 g/mol. The van der Waals surface area contributed by atoms with E-state index in [1.807, 2.05) is 48.5 Å². The molecule has 226 valence electrons. The number of para-hydroxylation sites is 2. The van der Waals surface area contributed by atoms with Crippen LogP contribution in [-0.4, -0.2) is 19.6 Å². The number of ketones is 2. The van der Waals surface area contributed by atoms with Crippen molar-refractivity contribution in [1.82, 2.24) is 0 Å². The van der Waals surface area contributed by atoms with Gasteiger partial charge in [0.1, 0.15) is 0 Å². The van der Waals surface area contributed by atoms with E-state index in [0.29, 0.717) is 11.1 Å². The maximum atomic E-state index is 13.8. The second-order valence-corrected chi connectivity index (χ2v) is 16.1. The van der Waals surface area contributed by atoms with Crippen molar-refractivity contribution in [2.24, 2.45) is 0 Å². The number of nitrogens with zero attached hydrogens (tertiary/aromatic N) is 1. The van der Waals surface area contributed by atoms with E-state index < -0.39 is 8.07 Å². The normalized spacial score (nSPS) is 14.4. The smallest absolute Gasteiger partial charge is 0.197 e. The molecule has 0 saturated heterocycles. The van der Waals surface area contributed by atoms with Gasteiger partial charge in [-0.1, -0.05) is 133 Å². The monoisotopic (exact) mass is 631 g/mol. The lowest BCUT2D eigenvalue weighted by molar-refractivity contribution is 0.0990. The molecule has 2 aliphatic rings. The maximum absolute atomic E-state index is 13.8. The van der Waals surface area contributed by atoms with Gasteiger partial charge in [-0.3, -0.25) is 9.59 Å². The standard InChI is InChI=1S/C44H29NO2Si/c46-43-36-28-31-14-10-11-15-32(31)29-37(36)44(47)38(43)26-30-24-25-40-42(27-30)48(34-18-6-2-7-19-34,35-20-8-3-9-21-35)41-23-13-12-22-39(41)45(40)33-16-4-1-5-17-33/h1-29H. The highest BCUT2D eigenvalue weighted by Gasteiger charge is 2.49. The van der Waals surface area contributed by atoms with Crippen LogP contribution >= 0.6 is 0 Å². The molecule has 0 fully saturated rings. The van der Waals surface area contributed by atoms with Crippen molar-refractivity contribution in [1.29, 1.82) is 0 Å². The van der Waals surface area contributed by atoms with Crippen molar-refractivity contribution in [2.75, 3.05) is 4.90 Å². The van der Waals surface area contributed by atoms with E-state index in [2.05, 4.69) is 126 Å². The van der Waals surface area contributed by atoms with Gasteiger partial charge >= 0.3 is 0 Å². The van der Waals surface area contributed by atoms with Gasteiger partial charge in [0.15, 0.2) is 19.6 Å². The summed E-state index contributed by atoms with van der Waals surface area (Å²) in [5.41, 5.74) is 5.32. The van der Waals surface area contributed by atoms with Gasteiger partial charge in [-0.05, 0) is 79.6 Å². The molecule has 1 aliphatic carbocycles. The average Bonchev–Trinajstić information content (AvgIpc) is 3.37. The van der Waals surface area contributed by atoms with E-state index in [0.717, 1.165) is 33.4 Å². The van der Waals surface area contributed by atoms with Crippen LogP contribution in [0.1, 0.15) is 26.3 Å². The summed E-state index contributed by atoms with van der Waals surface area (Å²) >= 11 is 0. The van der Waals surface area contributed by atoms with Gasteiger partial charge in [0.25, 0.3) is 0 Å². The van der Waals surface area contributed by atoms with Crippen molar-refractivity contribution in [3.8, 4) is 0 Å². The number of hydrogen-bond donors (Lipinski definition) is 0. The first kappa shape index (κ1) is 28.1. The van der Waals surface area contributed by atoms with Gasteiger partial charge in [0.05, 0.1) is 5.57 Å². The molecule has 48 heavy (non-hydrogen) atoms. The molecule has 0 saturated carbocycles. The predicted molar refractivity (Wildman–Crippen MR) is 199 cm³/mol. The number of carbonyl (C=O) groups is 2. The van der Waals surface area contributed by atoms with Gasteiger partial charge in [0.2, 0.25) is 0 Å². The molecule has 0 N–H and O–H groups in total. The summed E-state index contributed by atoms with van der Waals surface area (Å²) in [6.07, 6.45) is 1.80. The highest BCUT2D eigenvalue weighted by atomic mass is 28.3. The van der Waals surface area contributed by atoms with Gasteiger partial charge in [-0.15, -0.1) is 0 Å².